The van der Waals surface area contributed by atoms with Gasteiger partial charge in [0.2, 0.25) is 0 Å². The molecule has 2 unspecified atom stereocenters. The zero-order chi connectivity index (χ0) is 12.3. The summed E-state index contributed by atoms with van der Waals surface area (Å²) in [5.41, 5.74) is 6.19. The second-order valence-electron chi connectivity index (χ2n) is 4.49. The number of hydrogen-bond donors (Lipinski definition) is 1. The number of halogens is 2. The Morgan fingerprint density at radius 1 is 1.41 bits per heavy atom. The van der Waals surface area contributed by atoms with Crippen molar-refractivity contribution in [3.8, 4) is 0 Å². The van der Waals surface area contributed by atoms with Crippen molar-refractivity contribution in [3.05, 3.63) is 34.6 Å². The highest BCUT2D eigenvalue weighted by Gasteiger charge is 2.26. The van der Waals surface area contributed by atoms with Crippen LogP contribution >= 0.6 is 11.6 Å². The first-order chi connectivity index (χ1) is 8.22. The minimum atomic E-state index is -0.378. The Balaban J connectivity index is 1.95. The van der Waals surface area contributed by atoms with Crippen LogP contribution in [0.25, 0.3) is 0 Å². The van der Waals surface area contributed by atoms with Crippen LogP contribution < -0.4 is 5.73 Å². The number of hydrogen-bond acceptors (Lipinski definition) is 2. The van der Waals surface area contributed by atoms with E-state index in [2.05, 4.69) is 0 Å². The molecule has 1 fully saturated rings. The Hall–Kier alpha value is -0.640. The molecule has 2 N–H and O–H groups in total. The van der Waals surface area contributed by atoms with Crippen molar-refractivity contribution in [1.29, 1.82) is 0 Å². The zero-order valence-electron chi connectivity index (χ0n) is 9.66. The Morgan fingerprint density at radius 2 is 2.24 bits per heavy atom. The predicted octanol–water partition coefficient (Wildman–Crippen LogP) is 3.12. The van der Waals surface area contributed by atoms with Gasteiger partial charge in [-0.2, -0.15) is 0 Å². The molecule has 0 aliphatic heterocycles. The molecule has 2 atom stereocenters. The highest BCUT2D eigenvalue weighted by Crippen LogP contribution is 2.28. The van der Waals surface area contributed by atoms with Gasteiger partial charge < -0.3 is 10.5 Å². The third-order valence-electron chi connectivity index (χ3n) is 3.38. The van der Waals surface area contributed by atoms with E-state index in [1.807, 2.05) is 0 Å². The van der Waals surface area contributed by atoms with E-state index in [0.29, 0.717) is 18.0 Å². The van der Waals surface area contributed by atoms with Gasteiger partial charge in [0.05, 0.1) is 17.7 Å². The van der Waals surface area contributed by atoms with Crippen molar-refractivity contribution < 1.29 is 9.13 Å². The van der Waals surface area contributed by atoms with E-state index in [9.17, 15) is 4.39 Å². The van der Waals surface area contributed by atoms with Crippen LogP contribution in [-0.2, 0) is 11.3 Å². The van der Waals surface area contributed by atoms with Crippen LogP contribution in [0.4, 0.5) is 4.39 Å². The van der Waals surface area contributed by atoms with Crippen LogP contribution in [0.1, 0.15) is 24.8 Å². The van der Waals surface area contributed by atoms with Gasteiger partial charge in [-0.1, -0.05) is 30.2 Å². The second kappa shape index (κ2) is 5.80. The lowest BCUT2D eigenvalue weighted by Gasteiger charge is -2.18. The molecule has 0 bridgehead atoms. The van der Waals surface area contributed by atoms with Crippen molar-refractivity contribution in [2.75, 3.05) is 6.54 Å². The summed E-state index contributed by atoms with van der Waals surface area (Å²) in [5.74, 6) is 0.0358. The van der Waals surface area contributed by atoms with Crippen LogP contribution in [-0.4, -0.2) is 12.6 Å². The molecule has 1 saturated carbocycles. The van der Waals surface area contributed by atoms with Crippen LogP contribution in [0.3, 0.4) is 0 Å². The van der Waals surface area contributed by atoms with E-state index >= 15 is 0 Å². The topological polar surface area (TPSA) is 35.2 Å². The molecule has 2 nitrogen and oxygen atoms in total. The van der Waals surface area contributed by atoms with E-state index in [0.717, 1.165) is 19.3 Å². The smallest absolute Gasteiger partial charge is 0.147 e. The summed E-state index contributed by atoms with van der Waals surface area (Å²) in [6, 6.07) is 4.98. The van der Waals surface area contributed by atoms with E-state index in [4.69, 9.17) is 22.1 Å². The average Bonchev–Trinajstić information content (AvgIpc) is 2.78. The van der Waals surface area contributed by atoms with Crippen molar-refractivity contribution in [3.63, 3.8) is 0 Å². The van der Waals surface area contributed by atoms with Gasteiger partial charge in [-0.3, -0.25) is 0 Å². The third kappa shape index (κ3) is 2.97. The summed E-state index contributed by atoms with van der Waals surface area (Å²) in [5, 5.41) is 0.146. The van der Waals surface area contributed by atoms with Crippen LogP contribution in [0.2, 0.25) is 5.02 Å². The molecule has 0 amide bonds. The highest BCUT2D eigenvalue weighted by atomic mass is 35.5. The minimum absolute atomic E-state index is 0.146. The molecule has 4 heteroatoms. The number of rotatable bonds is 4. The highest BCUT2D eigenvalue weighted by molar-refractivity contribution is 6.30. The molecular weight excluding hydrogens is 241 g/mol. The Kier molecular flexibility index (Phi) is 4.37. The summed E-state index contributed by atoms with van der Waals surface area (Å²) in [7, 11) is 0. The Morgan fingerprint density at radius 3 is 3.00 bits per heavy atom. The number of nitrogens with two attached hydrogens (primary N) is 1. The van der Waals surface area contributed by atoms with Crippen molar-refractivity contribution in [1.82, 2.24) is 0 Å². The standard InChI is InChI=1S/C13H17ClFNO/c14-11-5-1-4-10(13(11)15)8-17-12-6-2-3-9(12)7-16/h1,4-5,9,12H,2-3,6-8,16H2. The summed E-state index contributed by atoms with van der Waals surface area (Å²) in [6.07, 6.45) is 3.44. The van der Waals surface area contributed by atoms with Crippen molar-refractivity contribution in [2.45, 2.75) is 32.0 Å². The lowest BCUT2D eigenvalue weighted by molar-refractivity contribution is 0.0169. The maximum atomic E-state index is 13.6. The monoisotopic (exact) mass is 257 g/mol. The second-order valence-corrected chi connectivity index (χ2v) is 4.90. The third-order valence-corrected chi connectivity index (χ3v) is 3.67. The molecule has 0 radical (unpaired) electrons. The molecule has 1 aromatic rings. The van der Waals surface area contributed by atoms with Gasteiger partial charge in [0, 0.05) is 5.56 Å². The summed E-state index contributed by atoms with van der Waals surface area (Å²) >= 11 is 5.71. The van der Waals surface area contributed by atoms with Crippen molar-refractivity contribution in [2.24, 2.45) is 11.7 Å². The molecule has 94 valence electrons. The molecule has 0 saturated heterocycles. The zero-order valence-corrected chi connectivity index (χ0v) is 10.4. The van der Waals surface area contributed by atoms with Gasteiger partial charge in [-0.05, 0) is 31.4 Å². The molecule has 2 rings (SSSR count). The van der Waals surface area contributed by atoms with Gasteiger partial charge in [-0.25, -0.2) is 4.39 Å². The molecule has 17 heavy (non-hydrogen) atoms. The molecule has 0 spiro atoms. The van der Waals surface area contributed by atoms with Gasteiger partial charge in [-0.15, -0.1) is 0 Å². The molecule has 1 aliphatic rings. The van der Waals surface area contributed by atoms with E-state index < -0.39 is 0 Å². The van der Waals surface area contributed by atoms with Crippen LogP contribution in [0, 0.1) is 11.7 Å². The summed E-state index contributed by atoms with van der Waals surface area (Å²) < 4.78 is 19.4. The van der Waals surface area contributed by atoms with E-state index in [1.165, 1.54) is 0 Å². The fourth-order valence-electron chi connectivity index (χ4n) is 2.35. The van der Waals surface area contributed by atoms with Gasteiger partial charge in [0.25, 0.3) is 0 Å². The first-order valence-corrected chi connectivity index (χ1v) is 6.34. The van der Waals surface area contributed by atoms with Gasteiger partial charge >= 0.3 is 0 Å². The average molecular weight is 258 g/mol. The lowest BCUT2D eigenvalue weighted by atomic mass is 10.1. The molecule has 0 heterocycles. The van der Waals surface area contributed by atoms with E-state index in [1.54, 1.807) is 18.2 Å². The summed E-state index contributed by atoms with van der Waals surface area (Å²) in [4.78, 5) is 0. The Bertz CT molecular complexity index is 386. The Labute approximate surface area is 106 Å². The lowest BCUT2D eigenvalue weighted by Crippen LogP contribution is -2.25. The molecule has 1 aliphatic carbocycles. The quantitative estimate of drug-likeness (QED) is 0.900. The number of ether oxygens (including phenoxy) is 1. The SMILES string of the molecule is NCC1CCCC1OCc1cccc(Cl)c1F. The first-order valence-electron chi connectivity index (χ1n) is 5.97. The minimum Gasteiger partial charge on any atom is -0.373 e. The fraction of sp³-hybridized carbons (Fsp3) is 0.538. The normalized spacial score (nSPS) is 24.2. The molecule has 1 aromatic carbocycles. The molecule has 0 aromatic heterocycles. The van der Waals surface area contributed by atoms with Crippen LogP contribution in [0.5, 0.6) is 0 Å². The largest absolute Gasteiger partial charge is 0.373 e. The maximum Gasteiger partial charge on any atom is 0.147 e. The van der Waals surface area contributed by atoms with Crippen LogP contribution in [0.15, 0.2) is 18.2 Å². The molecular formula is C13H17ClFNO. The predicted molar refractivity (Wildman–Crippen MR) is 66.4 cm³/mol. The fourth-order valence-corrected chi connectivity index (χ4v) is 2.54. The van der Waals surface area contributed by atoms with Gasteiger partial charge in [0.15, 0.2) is 0 Å². The van der Waals surface area contributed by atoms with Crippen molar-refractivity contribution >= 4 is 11.6 Å². The first kappa shape index (κ1) is 12.8. The van der Waals surface area contributed by atoms with Gasteiger partial charge in [0.1, 0.15) is 5.82 Å². The number of benzene rings is 1. The van der Waals surface area contributed by atoms with E-state index in [-0.39, 0.29) is 23.6 Å². The summed E-state index contributed by atoms with van der Waals surface area (Å²) in [6.45, 7) is 0.913. The maximum absolute atomic E-state index is 13.6.